The summed E-state index contributed by atoms with van der Waals surface area (Å²) in [5.41, 5.74) is 8.88. The van der Waals surface area contributed by atoms with Crippen molar-refractivity contribution in [3.8, 4) is 0 Å². The molecule has 0 saturated carbocycles. The molecule has 2 aromatic rings. The van der Waals surface area contributed by atoms with Gasteiger partial charge in [0.05, 0.1) is 17.9 Å². The van der Waals surface area contributed by atoms with E-state index in [4.69, 9.17) is 5.73 Å². The molecule has 17 heavy (non-hydrogen) atoms. The van der Waals surface area contributed by atoms with Crippen molar-refractivity contribution in [3.63, 3.8) is 0 Å². The molecule has 0 unspecified atom stereocenters. The molecule has 0 aliphatic rings. The molecule has 1 aromatic carbocycles. The summed E-state index contributed by atoms with van der Waals surface area (Å²) < 4.78 is 2.99. The van der Waals surface area contributed by atoms with Crippen molar-refractivity contribution in [2.24, 2.45) is 0 Å². The molecule has 90 valence electrons. The minimum Gasteiger partial charge on any atom is -0.396 e. The number of hydrogen-bond donors (Lipinski definition) is 1. The lowest BCUT2D eigenvalue weighted by atomic mass is 10.1. The quantitative estimate of drug-likeness (QED) is 0.943. The van der Waals surface area contributed by atoms with Crippen molar-refractivity contribution in [2.75, 3.05) is 5.73 Å². The largest absolute Gasteiger partial charge is 0.396 e. The SMILES string of the molecule is CC(C)c1nn(Cc2ccccc2Br)cc1N. The van der Waals surface area contributed by atoms with Gasteiger partial charge in [-0.15, -0.1) is 0 Å². The summed E-state index contributed by atoms with van der Waals surface area (Å²) in [6.45, 7) is 4.93. The number of nitrogen functional groups attached to an aromatic ring is 1. The van der Waals surface area contributed by atoms with Crippen LogP contribution < -0.4 is 5.73 Å². The van der Waals surface area contributed by atoms with Crippen molar-refractivity contribution in [2.45, 2.75) is 26.3 Å². The molecule has 0 radical (unpaired) electrons. The highest BCUT2D eigenvalue weighted by Crippen LogP contribution is 2.21. The van der Waals surface area contributed by atoms with E-state index in [0.717, 1.165) is 22.4 Å². The van der Waals surface area contributed by atoms with Crippen LogP contribution in [0.1, 0.15) is 31.0 Å². The maximum atomic E-state index is 5.94. The van der Waals surface area contributed by atoms with E-state index in [1.54, 1.807) is 0 Å². The molecule has 0 aliphatic carbocycles. The Labute approximate surface area is 110 Å². The standard InChI is InChI=1S/C13H16BrN3/c1-9(2)13-12(15)8-17(16-13)7-10-5-3-4-6-11(10)14/h3-6,8-9H,7,15H2,1-2H3. The number of aromatic nitrogens is 2. The van der Waals surface area contributed by atoms with Crippen molar-refractivity contribution in [1.29, 1.82) is 0 Å². The summed E-state index contributed by atoms with van der Waals surface area (Å²) in [7, 11) is 0. The zero-order chi connectivity index (χ0) is 12.4. The first-order chi connectivity index (χ1) is 8.08. The number of hydrogen-bond acceptors (Lipinski definition) is 2. The average molecular weight is 294 g/mol. The third kappa shape index (κ3) is 2.69. The van der Waals surface area contributed by atoms with E-state index in [-0.39, 0.29) is 0 Å². The summed E-state index contributed by atoms with van der Waals surface area (Å²) in [5, 5.41) is 4.52. The summed E-state index contributed by atoms with van der Waals surface area (Å²) in [6, 6.07) is 8.14. The van der Waals surface area contributed by atoms with Crippen LogP contribution in [0.2, 0.25) is 0 Å². The normalized spacial score (nSPS) is 11.1. The Morgan fingerprint density at radius 1 is 1.35 bits per heavy atom. The Morgan fingerprint density at radius 3 is 2.65 bits per heavy atom. The van der Waals surface area contributed by atoms with E-state index in [9.17, 15) is 0 Å². The van der Waals surface area contributed by atoms with Crippen molar-refractivity contribution in [1.82, 2.24) is 9.78 Å². The highest BCUT2D eigenvalue weighted by atomic mass is 79.9. The second kappa shape index (κ2) is 4.92. The van der Waals surface area contributed by atoms with Crippen LogP contribution in [0, 0.1) is 0 Å². The van der Waals surface area contributed by atoms with Gasteiger partial charge >= 0.3 is 0 Å². The fourth-order valence-corrected chi connectivity index (χ4v) is 2.19. The van der Waals surface area contributed by atoms with Crippen LogP contribution in [0.25, 0.3) is 0 Å². The minimum absolute atomic E-state index is 0.357. The lowest BCUT2D eigenvalue weighted by Gasteiger charge is -2.04. The topological polar surface area (TPSA) is 43.8 Å². The molecule has 0 saturated heterocycles. The maximum Gasteiger partial charge on any atom is 0.0879 e. The van der Waals surface area contributed by atoms with Crippen LogP contribution in [0.5, 0.6) is 0 Å². The fourth-order valence-electron chi connectivity index (χ4n) is 1.78. The molecule has 0 aliphatic heterocycles. The van der Waals surface area contributed by atoms with E-state index in [0.29, 0.717) is 5.92 Å². The van der Waals surface area contributed by atoms with Gasteiger partial charge in [-0.05, 0) is 17.5 Å². The van der Waals surface area contributed by atoms with Crippen LogP contribution in [0.4, 0.5) is 5.69 Å². The summed E-state index contributed by atoms with van der Waals surface area (Å²) >= 11 is 3.54. The predicted octanol–water partition coefficient (Wildman–Crippen LogP) is 3.40. The molecule has 1 heterocycles. The number of nitrogens with zero attached hydrogens (tertiary/aromatic N) is 2. The Hall–Kier alpha value is -1.29. The molecule has 4 heteroatoms. The van der Waals surface area contributed by atoms with Crippen molar-refractivity contribution in [3.05, 3.63) is 46.2 Å². The highest BCUT2D eigenvalue weighted by Gasteiger charge is 2.10. The number of halogens is 1. The molecular weight excluding hydrogens is 278 g/mol. The molecular formula is C13H16BrN3. The smallest absolute Gasteiger partial charge is 0.0879 e. The fraction of sp³-hybridized carbons (Fsp3) is 0.308. The van der Waals surface area contributed by atoms with Gasteiger partial charge in [-0.25, -0.2) is 0 Å². The average Bonchev–Trinajstić information content (AvgIpc) is 2.63. The van der Waals surface area contributed by atoms with Crippen molar-refractivity contribution < 1.29 is 0 Å². The lowest BCUT2D eigenvalue weighted by Crippen LogP contribution is -2.02. The molecule has 0 amide bonds. The van der Waals surface area contributed by atoms with E-state index in [2.05, 4.69) is 40.9 Å². The summed E-state index contributed by atoms with van der Waals surface area (Å²) in [6.07, 6.45) is 1.90. The Balaban J connectivity index is 2.25. The minimum atomic E-state index is 0.357. The number of rotatable bonds is 3. The van der Waals surface area contributed by atoms with Gasteiger partial charge in [0.15, 0.2) is 0 Å². The Bertz CT molecular complexity index is 517. The Kier molecular flexibility index (Phi) is 3.52. The molecule has 0 atom stereocenters. The maximum absolute atomic E-state index is 5.94. The second-order valence-corrected chi connectivity index (χ2v) is 5.27. The van der Waals surface area contributed by atoms with Crippen molar-refractivity contribution >= 4 is 21.6 Å². The molecule has 0 bridgehead atoms. The number of anilines is 1. The Morgan fingerprint density at radius 2 is 2.06 bits per heavy atom. The zero-order valence-corrected chi connectivity index (χ0v) is 11.6. The molecule has 3 nitrogen and oxygen atoms in total. The van der Waals surface area contributed by atoms with Crippen LogP contribution in [-0.4, -0.2) is 9.78 Å². The second-order valence-electron chi connectivity index (χ2n) is 4.41. The third-order valence-electron chi connectivity index (χ3n) is 2.66. The van der Waals surface area contributed by atoms with Crippen LogP contribution >= 0.6 is 15.9 Å². The van der Waals surface area contributed by atoms with Gasteiger partial charge in [0.2, 0.25) is 0 Å². The van der Waals surface area contributed by atoms with Crippen LogP contribution in [0.15, 0.2) is 34.9 Å². The first-order valence-electron chi connectivity index (χ1n) is 5.64. The summed E-state index contributed by atoms with van der Waals surface area (Å²) in [5.74, 6) is 0.357. The van der Waals surface area contributed by atoms with Crippen LogP contribution in [0.3, 0.4) is 0 Å². The number of benzene rings is 1. The molecule has 2 N–H and O–H groups in total. The van der Waals surface area contributed by atoms with E-state index in [1.807, 2.05) is 29.1 Å². The molecule has 0 spiro atoms. The first kappa shape index (κ1) is 12.2. The van der Waals surface area contributed by atoms with Gasteiger partial charge in [0.25, 0.3) is 0 Å². The van der Waals surface area contributed by atoms with Gasteiger partial charge in [0, 0.05) is 10.7 Å². The monoisotopic (exact) mass is 293 g/mol. The number of nitrogens with two attached hydrogens (primary N) is 1. The lowest BCUT2D eigenvalue weighted by molar-refractivity contribution is 0.656. The van der Waals surface area contributed by atoms with E-state index in [1.165, 1.54) is 5.56 Å². The van der Waals surface area contributed by atoms with Crippen LogP contribution in [-0.2, 0) is 6.54 Å². The van der Waals surface area contributed by atoms with E-state index < -0.39 is 0 Å². The van der Waals surface area contributed by atoms with Gasteiger partial charge in [0.1, 0.15) is 0 Å². The molecule has 2 rings (SSSR count). The third-order valence-corrected chi connectivity index (χ3v) is 3.43. The van der Waals surface area contributed by atoms with Gasteiger partial charge in [-0.1, -0.05) is 48.0 Å². The highest BCUT2D eigenvalue weighted by molar-refractivity contribution is 9.10. The summed E-state index contributed by atoms with van der Waals surface area (Å²) in [4.78, 5) is 0. The predicted molar refractivity (Wildman–Crippen MR) is 74.0 cm³/mol. The van der Waals surface area contributed by atoms with Gasteiger partial charge in [-0.2, -0.15) is 5.10 Å². The van der Waals surface area contributed by atoms with Gasteiger partial charge in [-0.3, -0.25) is 4.68 Å². The molecule has 1 aromatic heterocycles. The molecule has 0 fully saturated rings. The van der Waals surface area contributed by atoms with E-state index >= 15 is 0 Å². The first-order valence-corrected chi connectivity index (χ1v) is 6.43. The zero-order valence-electron chi connectivity index (χ0n) is 10.0. The van der Waals surface area contributed by atoms with Gasteiger partial charge < -0.3 is 5.73 Å².